The number of hydrogen-bond acceptors (Lipinski definition) is 8. The van der Waals surface area contributed by atoms with Crippen LogP contribution in [-0.4, -0.2) is 118 Å². The van der Waals surface area contributed by atoms with Crippen molar-refractivity contribution in [3.05, 3.63) is 0 Å². The maximum absolute atomic E-state index is 13.9. The molecular formula is C36H64N6O10. The fourth-order valence-electron chi connectivity index (χ4n) is 5.58. The van der Waals surface area contributed by atoms with Crippen LogP contribution in [0.2, 0.25) is 0 Å². The van der Waals surface area contributed by atoms with E-state index in [2.05, 4.69) is 21.3 Å². The first-order chi connectivity index (χ1) is 24.1. The number of likely N-dealkylation sites (N-methyl/N-ethyl adjacent to an activating group) is 1. The molecule has 16 heteroatoms. The molecule has 16 nitrogen and oxygen atoms in total. The van der Waals surface area contributed by atoms with Crippen molar-refractivity contribution in [3.63, 3.8) is 0 Å². The van der Waals surface area contributed by atoms with E-state index in [1.165, 1.54) is 16.8 Å². The Kier molecular flexibility index (Phi) is 21.4. The Hall–Kier alpha value is -4.24. The van der Waals surface area contributed by atoms with Gasteiger partial charge in [0, 0.05) is 26.6 Å². The first-order valence-corrected chi connectivity index (χ1v) is 18.3. The summed E-state index contributed by atoms with van der Waals surface area (Å²) < 4.78 is 0. The van der Waals surface area contributed by atoms with Gasteiger partial charge in [-0.1, -0.05) is 61.8 Å². The van der Waals surface area contributed by atoms with Crippen LogP contribution in [0.3, 0.4) is 0 Å². The van der Waals surface area contributed by atoms with Gasteiger partial charge in [0.25, 0.3) is 0 Å². The molecule has 0 aliphatic heterocycles. The van der Waals surface area contributed by atoms with Crippen molar-refractivity contribution in [2.75, 3.05) is 20.1 Å². The standard InChI is InChI=1S/C36H64N6O10/c1-12-23(10)30(40-35(50)31(22(8)9)41(11)27(43)16-15-20(4)5)34(49)38-24(18-28(44)42(13-2)14-3)32(47)37-25(19-29(45)46)33(48)39-26(36(51)52)17-21(6)7/h20-26,30-31H,12-19H2,1-11H3,(H,37,47)(H,38,49)(H,39,48)(H,40,50)(H,45,46)(H,51,52)/t23?,24-,25-,26-,30-,31-/m0/s1. The van der Waals surface area contributed by atoms with E-state index >= 15 is 0 Å². The van der Waals surface area contributed by atoms with E-state index < -0.39 is 90.4 Å². The second-order valence-corrected chi connectivity index (χ2v) is 14.5. The predicted molar refractivity (Wildman–Crippen MR) is 195 cm³/mol. The van der Waals surface area contributed by atoms with Gasteiger partial charge >= 0.3 is 11.9 Å². The molecule has 6 atom stereocenters. The van der Waals surface area contributed by atoms with E-state index in [1.807, 2.05) is 13.8 Å². The summed E-state index contributed by atoms with van der Waals surface area (Å²) >= 11 is 0. The molecule has 0 aromatic carbocycles. The molecule has 0 spiro atoms. The Labute approximate surface area is 308 Å². The van der Waals surface area contributed by atoms with Crippen LogP contribution in [0.25, 0.3) is 0 Å². The van der Waals surface area contributed by atoms with Gasteiger partial charge in [0.2, 0.25) is 35.4 Å². The Bertz CT molecular complexity index is 1240. The molecule has 0 bridgehead atoms. The number of nitrogens with one attached hydrogen (secondary N) is 4. The maximum Gasteiger partial charge on any atom is 0.326 e. The van der Waals surface area contributed by atoms with Crippen LogP contribution in [-0.2, 0) is 38.4 Å². The number of amides is 6. The largest absolute Gasteiger partial charge is 0.481 e. The van der Waals surface area contributed by atoms with Gasteiger partial charge in [-0.15, -0.1) is 0 Å². The molecule has 0 rings (SSSR count). The minimum atomic E-state index is -1.75. The molecule has 0 fully saturated rings. The smallest absolute Gasteiger partial charge is 0.326 e. The maximum atomic E-state index is 13.9. The lowest BCUT2D eigenvalue weighted by molar-refractivity contribution is -0.144. The molecule has 0 radical (unpaired) electrons. The molecule has 1 unspecified atom stereocenters. The monoisotopic (exact) mass is 740 g/mol. The van der Waals surface area contributed by atoms with E-state index in [0.29, 0.717) is 25.9 Å². The predicted octanol–water partition coefficient (Wildman–Crippen LogP) is 1.75. The molecule has 0 aromatic heterocycles. The summed E-state index contributed by atoms with van der Waals surface area (Å²) in [4.78, 5) is 107. The number of carboxylic acid groups (broad SMARTS) is 2. The van der Waals surface area contributed by atoms with Crippen molar-refractivity contribution in [2.24, 2.45) is 23.7 Å². The zero-order chi connectivity index (χ0) is 40.5. The molecule has 0 saturated heterocycles. The van der Waals surface area contributed by atoms with Crippen molar-refractivity contribution < 1.29 is 48.6 Å². The van der Waals surface area contributed by atoms with Crippen LogP contribution in [0, 0.1) is 23.7 Å². The van der Waals surface area contributed by atoms with Crippen LogP contribution < -0.4 is 21.3 Å². The van der Waals surface area contributed by atoms with Gasteiger partial charge in [0.05, 0.1) is 12.8 Å². The number of rotatable bonds is 24. The summed E-state index contributed by atoms with van der Waals surface area (Å²) in [5, 5.41) is 29.0. The molecule has 6 amide bonds. The van der Waals surface area contributed by atoms with Gasteiger partial charge in [-0.25, -0.2) is 4.79 Å². The van der Waals surface area contributed by atoms with Crippen LogP contribution in [0.1, 0.15) is 108 Å². The van der Waals surface area contributed by atoms with Crippen LogP contribution >= 0.6 is 0 Å². The average Bonchev–Trinajstić information content (AvgIpc) is 3.04. The average molecular weight is 741 g/mol. The van der Waals surface area contributed by atoms with Crippen LogP contribution in [0.15, 0.2) is 0 Å². The highest BCUT2D eigenvalue weighted by molar-refractivity contribution is 5.98. The van der Waals surface area contributed by atoms with Gasteiger partial charge in [-0.2, -0.15) is 0 Å². The van der Waals surface area contributed by atoms with Gasteiger partial charge in [0.1, 0.15) is 30.2 Å². The first-order valence-electron chi connectivity index (χ1n) is 18.3. The summed E-state index contributed by atoms with van der Waals surface area (Å²) in [5.41, 5.74) is 0. The Morgan fingerprint density at radius 2 is 1.12 bits per heavy atom. The normalized spacial score (nSPS) is 14.7. The zero-order valence-corrected chi connectivity index (χ0v) is 32.9. The number of carbonyl (C=O) groups is 8. The summed E-state index contributed by atoms with van der Waals surface area (Å²) in [6, 6.07) is -6.84. The highest BCUT2D eigenvalue weighted by Crippen LogP contribution is 2.16. The summed E-state index contributed by atoms with van der Waals surface area (Å²) in [7, 11) is 1.54. The van der Waals surface area contributed by atoms with E-state index in [1.54, 1.807) is 55.4 Å². The summed E-state index contributed by atoms with van der Waals surface area (Å²) in [6.07, 6.45) is -0.140. The topological polar surface area (TPSA) is 232 Å². The van der Waals surface area contributed by atoms with Crippen molar-refractivity contribution in [2.45, 2.75) is 138 Å². The summed E-state index contributed by atoms with van der Waals surface area (Å²) in [5.74, 6) is -7.73. The van der Waals surface area contributed by atoms with Gasteiger partial charge in [0.15, 0.2) is 0 Å². The van der Waals surface area contributed by atoms with Gasteiger partial charge in [-0.05, 0) is 50.4 Å². The fraction of sp³-hybridized carbons (Fsp3) is 0.778. The van der Waals surface area contributed by atoms with E-state index in [9.17, 15) is 48.6 Å². The minimum Gasteiger partial charge on any atom is -0.481 e. The number of hydrogen-bond donors (Lipinski definition) is 6. The third kappa shape index (κ3) is 16.4. The zero-order valence-electron chi connectivity index (χ0n) is 32.9. The first kappa shape index (κ1) is 47.8. The molecule has 0 heterocycles. The number of carbonyl (C=O) groups excluding carboxylic acids is 6. The van der Waals surface area contributed by atoms with Crippen LogP contribution in [0.5, 0.6) is 0 Å². The van der Waals surface area contributed by atoms with Crippen LogP contribution in [0.4, 0.5) is 0 Å². The van der Waals surface area contributed by atoms with Crippen molar-refractivity contribution in [3.8, 4) is 0 Å². The van der Waals surface area contributed by atoms with E-state index in [4.69, 9.17) is 0 Å². The third-order valence-electron chi connectivity index (χ3n) is 8.90. The molecule has 0 aliphatic rings. The molecule has 0 aliphatic carbocycles. The quantitative estimate of drug-likeness (QED) is 0.0840. The molecular weight excluding hydrogens is 676 g/mol. The highest BCUT2D eigenvalue weighted by Gasteiger charge is 2.37. The van der Waals surface area contributed by atoms with E-state index in [0.717, 1.165) is 0 Å². The molecule has 6 N–H and O–H groups in total. The van der Waals surface area contributed by atoms with Gasteiger partial charge in [-0.3, -0.25) is 33.6 Å². The van der Waals surface area contributed by atoms with Crippen molar-refractivity contribution >= 4 is 47.4 Å². The SMILES string of the molecule is CCC(C)[C@H](NC(=O)[C@H](C(C)C)N(C)C(=O)CCC(C)C)C(=O)N[C@@H](CC(=O)N(CC)CC)C(=O)N[C@@H](CC(=O)O)C(=O)N[C@@H](CC(C)C)C(=O)O. The lowest BCUT2D eigenvalue weighted by Crippen LogP contribution is -2.61. The molecule has 0 saturated carbocycles. The Morgan fingerprint density at radius 3 is 1.54 bits per heavy atom. The number of carboxylic acids is 2. The summed E-state index contributed by atoms with van der Waals surface area (Å²) in [6.45, 7) is 18.6. The third-order valence-corrected chi connectivity index (χ3v) is 8.90. The minimum absolute atomic E-state index is 0.0359. The Morgan fingerprint density at radius 1 is 0.615 bits per heavy atom. The molecule has 52 heavy (non-hydrogen) atoms. The molecule has 0 aromatic rings. The lowest BCUT2D eigenvalue weighted by Gasteiger charge is -2.33. The lowest BCUT2D eigenvalue weighted by atomic mass is 9.95. The molecule has 298 valence electrons. The Balaban J connectivity index is 6.56. The van der Waals surface area contributed by atoms with Crippen molar-refractivity contribution in [1.29, 1.82) is 0 Å². The van der Waals surface area contributed by atoms with E-state index in [-0.39, 0.29) is 36.5 Å². The second-order valence-electron chi connectivity index (χ2n) is 14.5. The number of aliphatic carboxylic acids is 2. The highest BCUT2D eigenvalue weighted by atomic mass is 16.4. The fourth-order valence-corrected chi connectivity index (χ4v) is 5.58. The van der Waals surface area contributed by atoms with Gasteiger partial charge < -0.3 is 41.3 Å². The second kappa shape index (κ2) is 23.3. The number of nitrogens with zero attached hydrogens (tertiary/aromatic N) is 2. The van der Waals surface area contributed by atoms with Crippen molar-refractivity contribution in [1.82, 2.24) is 31.1 Å².